The zero-order valence-corrected chi connectivity index (χ0v) is 11.0. The van der Waals surface area contributed by atoms with Crippen LogP contribution < -0.4 is 5.32 Å². The van der Waals surface area contributed by atoms with Crippen LogP contribution in [0.15, 0.2) is 0 Å². The van der Waals surface area contributed by atoms with Crippen molar-refractivity contribution >= 4 is 5.97 Å². The zero-order chi connectivity index (χ0) is 12.2. The summed E-state index contributed by atoms with van der Waals surface area (Å²) in [4.78, 5) is 11.9. The molecule has 1 aliphatic rings. The van der Waals surface area contributed by atoms with E-state index in [2.05, 4.69) is 12.2 Å². The van der Waals surface area contributed by atoms with Gasteiger partial charge in [-0.15, -0.1) is 0 Å². The molecular weight excluding hydrogens is 202 g/mol. The van der Waals surface area contributed by atoms with Crippen LogP contribution in [0.25, 0.3) is 0 Å². The van der Waals surface area contributed by atoms with Gasteiger partial charge in [0.15, 0.2) is 0 Å². The van der Waals surface area contributed by atoms with Gasteiger partial charge in [0.05, 0.1) is 0 Å². The topological polar surface area (TPSA) is 38.3 Å². The molecule has 0 heterocycles. The predicted molar refractivity (Wildman–Crippen MR) is 65.3 cm³/mol. The van der Waals surface area contributed by atoms with E-state index in [4.69, 9.17) is 4.74 Å². The Labute approximate surface area is 98.9 Å². The second-order valence-corrected chi connectivity index (χ2v) is 5.27. The van der Waals surface area contributed by atoms with E-state index in [0.29, 0.717) is 5.92 Å². The van der Waals surface area contributed by atoms with E-state index in [9.17, 15) is 4.79 Å². The number of hydrogen-bond donors (Lipinski definition) is 1. The van der Waals surface area contributed by atoms with Crippen LogP contribution in [0.2, 0.25) is 0 Å². The van der Waals surface area contributed by atoms with Crippen LogP contribution in [-0.4, -0.2) is 24.7 Å². The van der Waals surface area contributed by atoms with Gasteiger partial charge in [0.25, 0.3) is 0 Å². The molecule has 3 nitrogen and oxygen atoms in total. The van der Waals surface area contributed by atoms with E-state index in [0.717, 1.165) is 12.8 Å². The summed E-state index contributed by atoms with van der Waals surface area (Å²) in [5.41, 5.74) is -0.574. The molecule has 0 aromatic heterocycles. The fourth-order valence-electron chi connectivity index (χ4n) is 2.18. The third-order valence-corrected chi connectivity index (χ3v) is 3.76. The predicted octanol–water partition coefficient (Wildman–Crippen LogP) is 2.50. The number of rotatable bonds is 4. The molecule has 0 aromatic rings. The molecule has 1 fully saturated rings. The molecule has 94 valence electrons. The van der Waals surface area contributed by atoms with E-state index < -0.39 is 5.54 Å². The molecule has 2 atom stereocenters. The maximum atomic E-state index is 11.9. The lowest BCUT2D eigenvalue weighted by molar-refractivity contribution is -0.160. The van der Waals surface area contributed by atoms with Crippen molar-refractivity contribution < 1.29 is 9.53 Å². The zero-order valence-electron chi connectivity index (χ0n) is 11.0. The molecule has 1 aliphatic carbocycles. The molecule has 0 amide bonds. The van der Waals surface area contributed by atoms with Crippen LogP contribution >= 0.6 is 0 Å². The Morgan fingerprint density at radius 1 is 1.38 bits per heavy atom. The van der Waals surface area contributed by atoms with Gasteiger partial charge in [-0.05, 0) is 52.5 Å². The van der Waals surface area contributed by atoms with Gasteiger partial charge in [-0.2, -0.15) is 0 Å². The fourth-order valence-corrected chi connectivity index (χ4v) is 2.18. The van der Waals surface area contributed by atoms with Gasteiger partial charge in [0.1, 0.15) is 11.6 Å². The maximum Gasteiger partial charge on any atom is 0.326 e. The van der Waals surface area contributed by atoms with Crippen molar-refractivity contribution in [2.75, 3.05) is 7.05 Å². The molecule has 1 rings (SSSR count). The quantitative estimate of drug-likeness (QED) is 0.750. The number of carbonyl (C=O) groups is 1. The summed E-state index contributed by atoms with van der Waals surface area (Å²) in [5, 5.41) is 2.99. The summed E-state index contributed by atoms with van der Waals surface area (Å²) in [6.07, 6.45) is 5.95. The first-order valence-corrected chi connectivity index (χ1v) is 6.41. The first-order valence-electron chi connectivity index (χ1n) is 6.41. The lowest BCUT2D eigenvalue weighted by Gasteiger charge is -2.33. The normalized spacial score (nSPS) is 26.5. The smallest absolute Gasteiger partial charge is 0.326 e. The van der Waals surface area contributed by atoms with Crippen molar-refractivity contribution in [1.29, 1.82) is 0 Å². The van der Waals surface area contributed by atoms with E-state index in [1.807, 2.05) is 13.8 Å². The van der Waals surface area contributed by atoms with E-state index in [1.54, 1.807) is 7.05 Å². The minimum Gasteiger partial charge on any atom is -0.461 e. The van der Waals surface area contributed by atoms with E-state index in [-0.39, 0.29) is 12.1 Å². The summed E-state index contributed by atoms with van der Waals surface area (Å²) in [6.45, 7) is 5.90. The summed E-state index contributed by atoms with van der Waals surface area (Å²) in [7, 11) is 1.79. The molecule has 1 N–H and O–H groups in total. The van der Waals surface area contributed by atoms with Gasteiger partial charge in [0, 0.05) is 0 Å². The first kappa shape index (κ1) is 13.5. The van der Waals surface area contributed by atoms with Gasteiger partial charge in [-0.3, -0.25) is 4.79 Å². The molecule has 2 unspecified atom stereocenters. The molecule has 1 saturated carbocycles. The molecule has 0 radical (unpaired) electrons. The van der Waals surface area contributed by atoms with Crippen molar-refractivity contribution in [1.82, 2.24) is 5.32 Å². The molecule has 3 heteroatoms. The lowest BCUT2D eigenvalue weighted by Crippen LogP contribution is -2.48. The Bertz CT molecular complexity index is 238. The van der Waals surface area contributed by atoms with Gasteiger partial charge in [-0.25, -0.2) is 0 Å². The van der Waals surface area contributed by atoms with Crippen molar-refractivity contribution in [3.8, 4) is 0 Å². The number of esters is 1. The Hall–Kier alpha value is -0.570. The van der Waals surface area contributed by atoms with E-state index >= 15 is 0 Å². The van der Waals surface area contributed by atoms with Crippen molar-refractivity contribution in [3.63, 3.8) is 0 Å². The SMILES string of the molecule is CCC1CCCCC1OC(=O)C(C)(C)NC. The van der Waals surface area contributed by atoms with Crippen molar-refractivity contribution in [2.24, 2.45) is 5.92 Å². The maximum absolute atomic E-state index is 11.9. The minimum absolute atomic E-state index is 0.125. The highest BCUT2D eigenvalue weighted by Crippen LogP contribution is 2.29. The van der Waals surface area contributed by atoms with Crippen LogP contribution in [0.4, 0.5) is 0 Å². The second kappa shape index (κ2) is 5.67. The second-order valence-electron chi connectivity index (χ2n) is 5.27. The standard InChI is InChI=1S/C13H25NO2/c1-5-10-8-6-7-9-11(10)16-12(15)13(2,3)14-4/h10-11,14H,5-9H2,1-4H3. The molecule has 0 aromatic carbocycles. The monoisotopic (exact) mass is 227 g/mol. The Morgan fingerprint density at radius 2 is 2.00 bits per heavy atom. The summed E-state index contributed by atoms with van der Waals surface area (Å²) < 4.78 is 5.65. The highest BCUT2D eigenvalue weighted by Gasteiger charge is 2.33. The summed E-state index contributed by atoms with van der Waals surface area (Å²) in [6, 6.07) is 0. The lowest BCUT2D eigenvalue weighted by atomic mass is 9.84. The van der Waals surface area contributed by atoms with Gasteiger partial charge >= 0.3 is 5.97 Å². The van der Waals surface area contributed by atoms with Crippen LogP contribution in [0.1, 0.15) is 52.9 Å². The molecule has 0 bridgehead atoms. The molecule has 0 spiro atoms. The largest absolute Gasteiger partial charge is 0.461 e. The minimum atomic E-state index is -0.574. The highest BCUT2D eigenvalue weighted by molar-refractivity contribution is 5.79. The Morgan fingerprint density at radius 3 is 2.56 bits per heavy atom. The van der Waals surface area contributed by atoms with Crippen LogP contribution in [0.3, 0.4) is 0 Å². The van der Waals surface area contributed by atoms with Crippen LogP contribution in [-0.2, 0) is 9.53 Å². The number of nitrogens with one attached hydrogen (secondary N) is 1. The number of likely N-dealkylation sites (N-methyl/N-ethyl adjacent to an activating group) is 1. The van der Waals surface area contributed by atoms with Gasteiger partial charge in [0.2, 0.25) is 0 Å². The fraction of sp³-hybridized carbons (Fsp3) is 0.923. The Balaban J connectivity index is 2.54. The summed E-state index contributed by atoms with van der Waals surface area (Å²) >= 11 is 0. The first-order chi connectivity index (χ1) is 7.51. The molecule has 0 saturated heterocycles. The Kier molecular flexibility index (Phi) is 4.78. The number of carbonyl (C=O) groups excluding carboxylic acids is 1. The van der Waals surface area contributed by atoms with Crippen molar-refractivity contribution in [2.45, 2.75) is 64.5 Å². The average molecular weight is 227 g/mol. The number of hydrogen-bond acceptors (Lipinski definition) is 3. The molecule has 0 aliphatic heterocycles. The third kappa shape index (κ3) is 3.21. The van der Waals surface area contributed by atoms with E-state index in [1.165, 1.54) is 19.3 Å². The highest BCUT2D eigenvalue weighted by atomic mass is 16.5. The number of ether oxygens (including phenoxy) is 1. The van der Waals surface area contributed by atoms with Crippen LogP contribution in [0, 0.1) is 5.92 Å². The molecule has 16 heavy (non-hydrogen) atoms. The van der Waals surface area contributed by atoms with Gasteiger partial charge < -0.3 is 10.1 Å². The average Bonchev–Trinajstić information content (AvgIpc) is 2.29. The third-order valence-electron chi connectivity index (χ3n) is 3.76. The van der Waals surface area contributed by atoms with Crippen LogP contribution in [0.5, 0.6) is 0 Å². The van der Waals surface area contributed by atoms with Crippen molar-refractivity contribution in [3.05, 3.63) is 0 Å². The van der Waals surface area contributed by atoms with Gasteiger partial charge in [-0.1, -0.05) is 13.3 Å². The summed E-state index contributed by atoms with van der Waals surface area (Å²) in [5.74, 6) is 0.436. The molecular formula is C13H25NO2.